The minimum absolute atomic E-state index is 0.541. The van der Waals surface area contributed by atoms with Crippen molar-refractivity contribution < 1.29 is 5.11 Å². The molecule has 88 valence electrons. The van der Waals surface area contributed by atoms with Crippen molar-refractivity contribution in [3.63, 3.8) is 0 Å². The van der Waals surface area contributed by atoms with Crippen molar-refractivity contribution in [2.75, 3.05) is 5.73 Å². The molecule has 1 aliphatic heterocycles. The fourth-order valence-corrected chi connectivity index (χ4v) is 2.13. The summed E-state index contributed by atoms with van der Waals surface area (Å²) < 4.78 is 1.61. The molecule has 0 radical (unpaired) electrons. The summed E-state index contributed by atoms with van der Waals surface area (Å²) in [5.41, 5.74) is 7.31. The molecular formula is C12H14N4O. The Morgan fingerprint density at radius 1 is 1.41 bits per heavy atom. The van der Waals surface area contributed by atoms with Gasteiger partial charge in [-0.25, -0.2) is 9.67 Å². The molecular weight excluding hydrogens is 216 g/mol. The van der Waals surface area contributed by atoms with Gasteiger partial charge >= 0.3 is 0 Å². The van der Waals surface area contributed by atoms with Crippen molar-refractivity contribution >= 4 is 5.69 Å². The topological polar surface area (TPSA) is 77.0 Å². The lowest BCUT2D eigenvalue weighted by atomic mass is 10.1. The minimum Gasteiger partial charge on any atom is -0.399 e. The summed E-state index contributed by atoms with van der Waals surface area (Å²) in [6.45, 7) is 0. The largest absolute Gasteiger partial charge is 0.399 e. The number of anilines is 1. The second kappa shape index (κ2) is 3.85. The standard InChI is InChI=1S/C12H14N4O/c13-9-4-1-3-8(7-9)12-14-10-5-2-6-11(17)16(10)15-12/h1,3-4,7,11,17H,2,5-6,13H2. The fraction of sp³-hybridized carbons (Fsp3) is 0.333. The molecule has 3 rings (SSSR count). The summed E-state index contributed by atoms with van der Waals surface area (Å²) in [4.78, 5) is 4.45. The summed E-state index contributed by atoms with van der Waals surface area (Å²) >= 11 is 0. The molecule has 1 atom stereocenters. The molecule has 2 heterocycles. The molecule has 0 bridgehead atoms. The van der Waals surface area contributed by atoms with Gasteiger partial charge in [-0.15, -0.1) is 5.10 Å². The van der Waals surface area contributed by atoms with E-state index in [4.69, 9.17) is 5.73 Å². The number of nitrogens with zero attached hydrogens (tertiary/aromatic N) is 3. The van der Waals surface area contributed by atoms with Crippen LogP contribution < -0.4 is 5.73 Å². The number of benzene rings is 1. The van der Waals surface area contributed by atoms with E-state index in [0.29, 0.717) is 11.5 Å². The maximum Gasteiger partial charge on any atom is 0.181 e. The number of aryl methyl sites for hydroxylation is 1. The fourth-order valence-electron chi connectivity index (χ4n) is 2.13. The van der Waals surface area contributed by atoms with E-state index in [2.05, 4.69) is 10.1 Å². The van der Waals surface area contributed by atoms with Crippen LogP contribution in [-0.2, 0) is 6.42 Å². The zero-order valence-corrected chi connectivity index (χ0v) is 9.37. The van der Waals surface area contributed by atoms with E-state index in [0.717, 1.165) is 30.7 Å². The zero-order chi connectivity index (χ0) is 11.8. The van der Waals surface area contributed by atoms with E-state index < -0.39 is 6.23 Å². The van der Waals surface area contributed by atoms with E-state index in [1.807, 2.05) is 24.3 Å². The number of hydrogen-bond donors (Lipinski definition) is 2. The summed E-state index contributed by atoms with van der Waals surface area (Å²) in [5, 5.41) is 14.2. The van der Waals surface area contributed by atoms with Gasteiger partial charge in [0.25, 0.3) is 0 Å². The molecule has 1 aromatic carbocycles. The third-order valence-electron chi connectivity index (χ3n) is 2.99. The molecule has 1 aliphatic rings. The summed E-state index contributed by atoms with van der Waals surface area (Å²) in [6, 6.07) is 7.47. The molecule has 17 heavy (non-hydrogen) atoms. The predicted octanol–water partition coefficient (Wildman–Crippen LogP) is 1.35. The van der Waals surface area contributed by atoms with Gasteiger partial charge in [0, 0.05) is 17.7 Å². The van der Waals surface area contributed by atoms with Gasteiger partial charge in [0.2, 0.25) is 0 Å². The Labute approximate surface area is 98.9 Å². The molecule has 3 N–H and O–H groups in total. The zero-order valence-electron chi connectivity index (χ0n) is 9.37. The van der Waals surface area contributed by atoms with Crippen LogP contribution in [0.3, 0.4) is 0 Å². The first-order valence-electron chi connectivity index (χ1n) is 5.73. The number of aliphatic hydroxyl groups is 1. The molecule has 1 aromatic heterocycles. The van der Waals surface area contributed by atoms with Crippen molar-refractivity contribution in [1.82, 2.24) is 14.8 Å². The van der Waals surface area contributed by atoms with E-state index in [1.54, 1.807) is 4.68 Å². The first-order valence-corrected chi connectivity index (χ1v) is 5.73. The Hall–Kier alpha value is -1.88. The first kappa shape index (κ1) is 10.3. The van der Waals surface area contributed by atoms with Gasteiger partial charge in [-0.3, -0.25) is 0 Å². The first-order chi connectivity index (χ1) is 8.24. The highest BCUT2D eigenvalue weighted by molar-refractivity contribution is 5.60. The molecule has 0 amide bonds. The summed E-state index contributed by atoms with van der Waals surface area (Å²) in [6.07, 6.45) is 2.02. The summed E-state index contributed by atoms with van der Waals surface area (Å²) in [7, 11) is 0. The molecule has 0 spiro atoms. The highest BCUT2D eigenvalue weighted by atomic mass is 16.3. The predicted molar refractivity (Wildman–Crippen MR) is 64.1 cm³/mol. The van der Waals surface area contributed by atoms with Crippen LogP contribution in [0.15, 0.2) is 24.3 Å². The molecule has 1 unspecified atom stereocenters. The van der Waals surface area contributed by atoms with Gasteiger partial charge in [-0.1, -0.05) is 12.1 Å². The van der Waals surface area contributed by atoms with E-state index in [9.17, 15) is 5.11 Å². The highest BCUT2D eigenvalue weighted by Crippen LogP contribution is 2.24. The van der Waals surface area contributed by atoms with Crippen LogP contribution in [0.1, 0.15) is 24.9 Å². The molecule has 0 saturated carbocycles. The van der Waals surface area contributed by atoms with Gasteiger partial charge < -0.3 is 10.8 Å². The monoisotopic (exact) mass is 230 g/mol. The second-order valence-corrected chi connectivity index (χ2v) is 4.29. The smallest absolute Gasteiger partial charge is 0.181 e. The molecule has 2 aromatic rings. The lowest BCUT2D eigenvalue weighted by Gasteiger charge is -2.17. The molecule has 5 nitrogen and oxygen atoms in total. The second-order valence-electron chi connectivity index (χ2n) is 4.29. The van der Waals surface area contributed by atoms with Crippen molar-refractivity contribution in [1.29, 1.82) is 0 Å². The third kappa shape index (κ3) is 1.78. The Kier molecular flexibility index (Phi) is 2.33. The van der Waals surface area contributed by atoms with E-state index in [1.165, 1.54) is 0 Å². The van der Waals surface area contributed by atoms with Crippen molar-refractivity contribution in [3.05, 3.63) is 30.1 Å². The van der Waals surface area contributed by atoms with Gasteiger partial charge in [0.05, 0.1) is 0 Å². The Morgan fingerprint density at radius 2 is 2.29 bits per heavy atom. The van der Waals surface area contributed by atoms with Crippen LogP contribution in [0.2, 0.25) is 0 Å². The average Bonchev–Trinajstić information content (AvgIpc) is 2.74. The minimum atomic E-state index is -0.541. The molecule has 5 heteroatoms. The van der Waals surface area contributed by atoms with Gasteiger partial charge in [0.1, 0.15) is 12.1 Å². The van der Waals surface area contributed by atoms with E-state index >= 15 is 0 Å². The van der Waals surface area contributed by atoms with Crippen LogP contribution in [0, 0.1) is 0 Å². The van der Waals surface area contributed by atoms with E-state index in [-0.39, 0.29) is 0 Å². The lowest BCUT2D eigenvalue weighted by molar-refractivity contribution is 0.0648. The highest BCUT2D eigenvalue weighted by Gasteiger charge is 2.21. The van der Waals surface area contributed by atoms with Crippen LogP contribution in [0.5, 0.6) is 0 Å². The number of nitrogens with two attached hydrogens (primary N) is 1. The maximum absolute atomic E-state index is 9.81. The number of aromatic nitrogens is 3. The third-order valence-corrected chi connectivity index (χ3v) is 2.99. The molecule has 0 fully saturated rings. The lowest BCUT2D eigenvalue weighted by Crippen LogP contribution is -2.18. The Bertz CT molecular complexity index is 549. The van der Waals surface area contributed by atoms with Crippen molar-refractivity contribution in [2.24, 2.45) is 0 Å². The van der Waals surface area contributed by atoms with Crippen LogP contribution >= 0.6 is 0 Å². The Morgan fingerprint density at radius 3 is 3.06 bits per heavy atom. The van der Waals surface area contributed by atoms with Crippen LogP contribution in [0.25, 0.3) is 11.4 Å². The average molecular weight is 230 g/mol. The normalized spacial score (nSPS) is 19.0. The summed E-state index contributed by atoms with van der Waals surface area (Å²) in [5.74, 6) is 1.48. The van der Waals surface area contributed by atoms with Gasteiger partial charge in [-0.05, 0) is 25.0 Å². The number of hydrogen-bond acceptors (Lipinski definition) is 4. The SMILES string of the molecule is Nc1cccc(-c2nc3n(n2)C(O)CCC3)c1. The maximum atomic E-state index is 9.81. The number of nitrogen functional groups attached to an aromatic ring is 1. The number of aliphatic hydroxyl groups excluding tert-OH is 1. The Balaban J connectivity index is 2.05. The quantitative estimate of drug-likeness (QED) is 0.725. The molecule has 0 saturated heterocycles. The van der Waals surface area contributed by atoms with Crippen molar-refractivity contribution in [2.45, 2.75) is 25.5 Å². The van der Waals surface area contributed by atoms with Crippen LogP contribution in [-0.4, -0.2) is 19.9 Å². The number of fused-ring (bicyclic) bond motifs is 1. The van der Waals surface area contributed by atoms with Crippen molar-refractivity contribution in [3.8, 4) is 11.4 Å². The molecule has 0 aliphatic carbocycles. The number of rotatable bonds is 1. The van der Waals surface area contributed by atoms with Gasteiger partial charge in [0.15, 0.2) is 5.82 Å². The van der Waals surface area contributed by atoms with Crippen LogP contribution in [0.4, 0.5) is 5.69 Å². The van der Waals surface area contributed by atoms with Gasteiger partial charge in [-0.2, -0.15) is 0 Å².